The smallest absolute Gasteiger partial charge is 0.251 e. The zero-order valence-corrected chi connectivity index (χ0v) is 14.3. The molecule has 1 aromatic heterocycles. The number of nitrogens with one attached hydrogen (secondary N) is 1. The highest BCUT2D eigenvalue weighted by Crippen LogP contribution is 2.21. The molecular formula is C20H18FN3O2. The van der Waals surface area contributed by atoms with Crippen molar-refractivity contribution in [3.8, 4) is 5.69 Å². The van der Waals surface area contributed by atoms with Crippen molar-refractivity contribution in [2.75, 3.05) is 0 Å². The highest BCUT2D eigenvalue weighted by atomic mass is 19.1. The minimum atomic E-state index is -0.354. The van der Waals surface area contributed by atoms with E-state index in [-0.39, 0.29) is 18.3 Å². The lowest BCUT2D eigenvalue weighted by atomic mass is 10.1. The van der Waals surface area contributed by atoms with Gasteiger partial charge in [0.05, 0.1) is 18.9 Å². The van der Waals surface area contributed by atoms with Crippen molar-refractivity contribution >= 4 is 5.91 Å². The Morgan fingerprint density at radius 2 is 2.08 bits per heavy atom. The van der Waals surface area contributed by atoms with Crippen LogP contribution in [0.2, 0.25) is 0 Å². The van der Waals surface area contributed by atoms with E-state index in [2.05, 4.69) is 10.3 Å². The van der Waals surface area contributed by atoms with Gasteiger partial charge in [0.25, 0.3) is 5.91 Å². The van der Waals surface area contributed by atoms with Crippen LogP contribution >= 0.6 is 0 Å². The molecule has 26 heavy (non-hydrogen) atoms. The Bertz CT molecular complexity index is 981. The summed E-state index contributed by atoms with van der Waals surface area (Å²) in [6, 6.07) is 10.5. The molecule has 0 atom stereocenters. The van der Waals surface area contributed by atoms with Crippen LogP contribution in [0.1, 0.15) is 32.9 Å². The minimum absolute atomic E-state index is 0.186. The van der Waals surface area contributed by atoms with Gasteiger partial charge in [-0.05, 0) is 47.9 Å². The number of carbonyl (C=O) groups is 1. The number of halogens is 1. The van der Waals surface area contributed by atoms with Gasteiger partial charge in [-0.25, -0.2) is 9.37 Å². The molecule has 132 valence electrons. The van der Waals surface area contributed by atoms with Crippen LogP contribution in [0.5, 0.6) is 0 Å². The quantitative estimate of drug-likeness (QED) is 0.785. The summed E-state index contributed by atoms with van der Waals surface area (Å²) in [7, 11) is 0. The van der Waals surface area contributed by atoms with Gasteiger partial charge < -0.3 is 14.6 Å². The highest BCUT2D eigenvalue weighted by Gasteiger charge is 2.14. The molecular weight excluding hydrogens is 333 g/mol. The van der Waals surface area contributed by atoms with Crippen molar-refractivity contribution < 1.29 is 13.9 Å². The van der Waals surface area contributed by atoms with E-state index in [1.807, 2.05) is 19.1 Å². The monoisotopic (exact) mass is 351 g/mol. The zero-order chi connectivity index (χ0) is 18.1. The van der Waals surface area contributed by atoms with Gasteiger partial charge >= 0.3 is 0 Å². The highest BCUT2D eigenvalue weighted by molar-refractivity contribution is 5.94. The van der Waals surface area contributed by atoms with Crippen LogP contribution in [-0.4, -0.2) is 15.5 Å². The summed E-state index contributed by atoms with van der Waals surface area (Å²) in [5, 5.41) is 2.83. The number of amides is 1. The Balaban J connectivity index is 1.45. The van der Waals surface area contributed by atoms with Crippen LogP contribution in [0.3, 0.4) is 0 Å². The molecule has 0 saturated carbocycles. The van der Waals surface area contributed by atoms with Crippen molar-refractivity contribution in [2.24, 2.45) is 0 Å². The number of imidazole rings is 1. The number of aromatic nitrogens is 2. The molecule has 0 radical (unpaired) electrons. The average molecular weight is 351 g/mol. The first-order valence-electron chi connectivity index (χ1n) is 8.38. The molecule has 1 aliphatic rings. The third kappa shape index (κ3) is 3.11. The van der Waals surface area contributed by atoms with E-state index in [4.69, 9.17) is 4.74 Å². The molecule has 0 spiro atoms. The lowest BCUT2D eigenvalue weighted by Crippen LogP contribution is -2.23. The molecule has 2 aromatic carbocycles. The summed E-state index contributed by atoms with van der Waals surface area (Å²) < 4.78 is 21.5. The second-order valence-corrected chi connectivity index (χ2v) is 6.29. The van der Waals surface area contributed by atoms with Crippen molar-refractivity contribution in [3.63, 3.8) is 0 Å². The van der Waals surface area contributed by atoms with Crippen molar-refractivity contribution in [2.45, 2.75) is 26.7 Å². The normalized spacial score (nSPS) is 12.8. The molecule has 4 rings (SSSR count). The Hall–Kier alpha value is -2.99. The molecule has 1 amide bonds. The largest absolute Gasteiger partial charge is 0.372 e. The minimum Gasteiger partial charge on any atom is -0.372 e. The van der Waals surface area contributed by atoms with Crippen molar-refractivity contribution in [1.29, 1.82) is 0 Å². The second kappa shape index (κ2) is 6.72. The Morgan fingerprint density at radius 3 is 2.85 bits per heavy atom. The molecule has 6 heteroatoms. The maximum atomic E-state index is 14.4. The summed E-state index contributed by atoms with van der Waals surface area (Å²) in [6.45, 7) is 3.21. The molecule has 0 saturated heterocycles. The molecule has 3 aromatic rings. The van der Waals surface area contributed by atoms with Gasteiger partial charge in [0.15, 0.2) is 0 Å². The van der Waals surface area contributed by atoms with Crippen molar-refractivity contribution in [1.82, 2.24) is 14.9 Å². The number of ether oxygens (including phenoxy) is 1. The molecule has 0 unspecified atom stereocenters. The van der Waals surface area contributed by atoms with E-state index < -0.39 is 0 Å². The lowest BCUT2D eigenvalue weighted by Gasteiger charge is -2.10. The number of carbonyl (C=O) groups excluding carboxylic acids is 1. The standard InChI is InChI=1S/C20H18FN3O2/c1-13-22-6-7-24(13)19-5-2-14(8-18(19)21)10-23-20(25)15-3-4-16-11-26-12-17(16)9-15/h2-9H,10-12H2,1H3,(H,23,25). The summed E-state index contributed by atoms with van der Waals surface area (Å²) >= 11 is 0. The Morgan fingerprint density at radius 1 is 1.23 bits per heavy atom. The second-order valence-electron chi connectivity index (χ2n) is 6.29. The van der Waals surface area contributed by atoms with E-state index >= 15 is 0 Å². The third-order valence-corrected chi connectivity index (χ3v) is 4.53. The number of rotatable bonds is 4. The molecule has 5 nitrogen and oxygen atoms in total. The van der Waals surface area contributed by atoms with Gasteiger partial charge in [0.1, 0.15) is 11.6 Å². The predicted octanol–water partition coefficient (Wildman–Crippen LogP) is 3.28. The van der Waals surface area contributed by atoms with Crippen LogP contribution in [0, 0.1) is 12.7 Å². The van der Waals surface area contributed by atoms with E-state index in [0.717, 1.165) is 11.1 Å². The van der Waals surface area contributed by atoms with Gasteiger partial charge in [-0.1, -0.05) is 12.1 Å². The fourth-order valence-electron chi connectivity index (χ4n) is 3.09. The first kappa shape index (κ1) is 16.5. The number of hydrogen-bond acceptors (Lipinski definition) is 3. The van der Waals surface area contributed by atoms with Crippen LogP contribution < -0.4 is 5.32 Å². The average Bonchev–Trinajstić information content (AvgIpc) is 3.28. The fourth-order valence-corrected chi connectivity index (χ4v) is 3.09. The lowest BCUT2D eigenvalue weighted by molar-refractivity contribution is 0.0950. The Labute approximate surface area is 150 Å². The maximum absolute atomic E-state index is 14.4. The molecule has 1 aliphatic heterocycles. The summed E-state index contributed by atoms with van der Waals surface area (Å²) in [5.74, 6) is 0.174. The number of aryl methyl sites for hydroxylation is 1. The van der Waals surface area contributed by atoms with E-state index in [9.17, 15) is 9.18 Å². The predicted molar refractivity (Wildman–Crippen MR) is 94.4 cm³/mol. The van der Waals surface area contributed by atoms with Crippen LogP contribution in [0.15, 0.2) is 48.8 Å². The van der Waals surface area contributed by atoms with Gasteiger partial charge in [-0.2, -0.15) is 0 Å². The SMILES string of the molecule is Cc1nccn1-c1ccc(CNC(=O)c2ccc3c(c2)COC3)cc1F. The molecule has 1 N–H and O–H groups in total. The third-order valence-electron chi connectivity index (χ3n) is 4.53. The van der Waals surface area contributed by atoms with Gasteiger partial charge in [-0.15, -0.1) is 0 Å². The number of fused-ring (bicyclic) bond motifs is 1. The zero-order valence-electron chi connectivity index (χ0n) is 14.3. The first-order chi connectivity index (χ1) is 12.6. The van der Waals surface area contributed by atoms with Gasteiger partial charge in [0.2, 0.25) is 0 Å². The maximum Gasteiger partial charge on any atom is 0.251 e. The summed E-state index contributed by atoms with van der Waals surface area (Å²) in [4.78, 5) is 16.4. The summed E-state index contributed by atoms with van der Waals surface area (Å²) in [6.07, 6.45) is 3.34. The fraction of sp³-hybridized carbons (Fsp3) is 0.200. The van der Waals surface area contributed by atoms with Crippen LogP contribution in [-0.2, 0) is 24.5 Å². The molecule has 2 heterocycles. The van der Waals surface area contributed by atoms with Gasteiger partial charge in [-0.3, -0.25) is 4.79 Å². The van der Waals surface area contributed by atoms with Gasteiger partial charge in [0, 0.05) is 24.5 Å². The molecule has 0 aliphatic carbocycles. The van der Waals surface area contributed by atoms with E-state index in [1.165, 1.54) is 6.07 Å². The molecule has 0 fully saturated rings. The van der Waals surface area contributed by atoms with E-state index in [0.29, 0.717) is 35.9 Å². The number of nitrogens with zero attached hydrogens (tertiary/aromatic N) is 2. The number of benzene rings is 2. The Kier molecular flexibility index (Phi) is 4.26. The van der Waals surface area contributed by atoms with E-state index in [1.54, 1.807) is 35.2 Å². The number of hydrogen-bond donors (Lipinski definition) is 1. The summed E-state index contributed by atoms with van der Waals surface area (Å²) in [5.41, 5.74) is 3.88. The topological polar surface area (TPSA) is 56.2 Å². The molecule has 0 bridgehead atoms. The van der Waals surface area contributed by atoms with Crippen molar-refractivity contribution in [3.05, 3.63) is 82.7 Å². The van der Waals surface area contributed by atoms with Crippen LogP contribution in [0.25, 0.3) is 5.69 Å². The van der Waals surface area contributed by atoms with Crippen LogP contribution in [0.4, 0.5) is 4.39 Å². The first-order valence-corrected chi connectivity index (χ1v) is 8.38.